The Kier molecular flexibility index (Phi) is 5.78. The van der Waals surface area contributed by atoms with E-state index < -0.39 is 11.8 Å². The van der Waals surface area contributed by atoms with Gasteiger partial charge in [-0.15, -0.1) is 0 Å². The molecule has 0 aliphatic rings. The van der Waals surface area contributed by atoms with E-state index >= 15 is 0 Å². The molecule has 0 radical (unpaired) electrons. The highest BCUT2D eigenvalue weighted by Crippen LogP contribution is 2.24. The zero-order valence-electron chi connectivity index (χ0n) is 11.7. The van der Waals surface area contributed by atoms with Crippen LogP contribution in [0.15, 0.2) is 42.5 Å². The molecule has 0 fully saturated rings. The monoisotopic (exact) mass is 355 g/mol. The zero-order valence-corrected chi connectivity index (χ0v) is 13.2. The highest BCUT2D eigenvalue weighted by Gasteiger charge is 2.13. The van der Waals surface area contributed by atoms with Gasteiger partial charge in [-0.2, -0.15) is 0 Å². The van der Waals surface area contributed by atoms with Gasteiger partial charge in [-0.25, -0.2) is 4.39 Å². The molecular weight excluding hydrogens is 344 g/mol. The van der Waals surface area contributed by atoms with Gasteiger partial charge in [-0.1, -0.05) is 35.3 Å². The first-order chi connectivity index (χ1) is 11.0. The molecule has 0 saturated heterocycles. The Labute approximate surface area is 141 Å². The summed E-state index contributed by atoms with van der Waals surface area (Å²) in [7, 11) is 0. The number of carbonyl (C=O) groups excluding carboxylic acids is 2. The third-order valence-electron chi connectivity index (χ3n) is 2.81. The third-order valence-corrected chi connectivity index (χ3v) is 3.36. The van der Waals surface area contributed by atoms with Crippen LogP contribution in [0.3, 0.4) is 0 Å². The largest absolute Gasteiger partial charge is 0.344 e. The Hall–Kier alpha value is -2.31. The molecule has 0 atom stereocenters. The van der Waals surface area contributed by atoms with Gasteiger partial charge in [0.05, 0.1) is 10.7 Å². The lowest BCUT2D eigenvalue weighted by atomic mass is 10.2. The van der Waals surface area contributed by atoms with Gasteiger partial charge < -0.3 is 5.32 Å². The van der Waals surface area contributed by atoms with E-state index in [1.807, 2.05) is 0 Å². The van der Waals surface area contributed by atoms with Crippen LogP contribution in [0, 0.1) is 5.82 Å². The van der Waals surface area contributed by atoms with Crippen LogP contribution in [0.25, 0.3) is 0 Å². The lowest BCUT2D eigenvalue weighted by Gasteiger charge is -2.10. The molecule has 0 saturated carbocycles. The van der Waals surface area contributed by atoms with E-state index in [-0.39, 0.29) is 12.4 Å². The summed E-state index contributed by atoms with van der Waals surface area (Å²) in [5.74, 6) is -2.10. The highest BCUT2D eigenvalue weighted by atomic mass is 35.5. The van der Waals surface area contributed by atoms with Crippen LogP contribution >= 0.6 is 23.2 Å². The number of rotatable bonds is 4. The summed E-state index contributed by atoms with van der Waals surface area (Å²) in [6.07, 6.45) is 0. The van der Waals surface area contributed by atoms with Crippen molar-refractivity contribution in [3.63, 3.8) is 0 Å². The van der Waals surface area contributed by atoms with E-state index in [9.17, 15) is 14.0 Å². The number of hydrogen-bond donors (Lipinski definition) is 3. The zero-order chi connectivity index (χ0) is 16.8. The number of halogens is 3. The number of carbonyl (C=O) groups is 2. The summed E-state index contributed by atoms with van der Waals surface area (Å²) in [6, 6.07) is 10.2. The van der Waals surface area contributed by atoms with Gasteiger partial charge in [-0.05, 0) is 35.9 Å². The number of amides is 2. The summed E-state index contributed by atoms with van der Waals surface area (Å²) < 4.78 is 12.8. The predicted molar refractivity (Wildman–Crippen MR) is 86.5 cm³/mol. The summed E-state index contributed by atoms with van der Waals surface area (Å²) >= 11 is 11.7. The van der Waals surface area contributed by atoms with Crippen molar-refractivity contribution >= 4 is 40.7 Å². The molecule has 0 spiro atoms. The quantitative estimate of drug-likeness (QED) is 0.583. The van der Waals surface area contributed by atoms with E-state index in [1.54, 1.807) is 12.1 Å². The van der Waals surface area contributed by atoms with Crippen molar-refractivity contribution in [3.8, 4) is 0 Å². The number of benzene rings is 2. The number of hydrogen-bond acceptors (Lipinski definition) is 3. The molecule has 0 unspecified atom stereocenters. The van der Waals surface area contributed by atoms with Gasteiger partial charge in [0.1, 0.15) is 5.82 Å². The lowest BCUT2D eigenvalue weighted by Crippen LogP contribution is -2.42. The van der Waals surface area contributed by atoms with Gasteiger partial charge in [0, 0.05) is 11.6 Å². The van der Waals surface area contributed by atoms with E-state index in [1.165, 1.54) is 30.3 Å². The summed E-state index contributed by atoms with van der Waals surface area (Å²) in [6.45, 7) is 0.105. The van der Waals surface area contributed by atoms with Gasteiger partial charge in [-0.3, -0.25) is 20.4 Å². The summed E-state index contributed by atoms with van der Waals surface area (Å²) in [4.78, 5) is 23.3. The molecule has 0 bridgehead atoms. The summed E-state index contributed by atoms with van der Waals surface area (Å²) in [5.41, 5.74) is 5.81. The first-order valence-electron chi connectivity index (χ1n) is 6.49. The van der Waals surface area contributed by atoms with Gasteiger partial charge >= 0.3 is 11.8 Å². The molecule has 120 valence electrons. The fourth-order valence-electron chi connectivity index (χ4n) is 1.64. The van der Waals surface area contributed by atoms with E-state index in [0.717, 1.165) is 0 Å². The van der Waals surface area contributed by atoms with E-state index in [0.29, 0.717) is 21.3 Å². The molecule has 2 aromatic rings. The van der Waals surface area contributed by atoms with Crippen molar-refractivity contribution in [2.75, 3.05) is 5.43 Å². The fourth-order valence-corrected chi connectivity index (χ4v) is 2.09. The Morgan fingerprint density at radius 3 is 2.35 bits per heavy atom. The second kappa shape index (κ2) is 7.80. The molecule has 23 heavy (non-hydrogen) atoms. The van der Waals surface area contributed by atoms with Crippen LogP contribution in [0.2, 0.25) is 10.0 Å². The fraction of sp³-hybridized carbons (Fsp3) is 0.0667. The van der Waals surface area contributed by atoms with E-state index in [4.69, 9.17) is 23.2 Å². The van der Waals surface area contributed by atoms with Crippen LogP contribution in [-0.2, 0) is 16.1 Å². The van der Waals surface area contributed by atoms with Crippen molar-refractivity contribution in [2.45, 2.75) is 6.54 Å². The number of nitrogens with one attached hydrogen (secondary N) is 3. The average Bonchev–Trinajstić information content (AvgIpc) is 2.53. The van der Waals surface area contributed by atoms with Crippen molar-refractivity contribution in [2.24, 2.45) is 0 Å². The smallest absolute Gasteiger partial charge is 0.327 e. The second-order valence-electron chi connectivity index (χ2n) is 4.51. The maximum Gasteiger partial charge on any atom is 0.327 e. The topological polar surface area (TPSA) is 70.2 Å². The van der Waals surface area contributed by atoms with E-state index in [2.05, 4.69) is 16.2 Å². The normalized spacial score (nSPS) is 10.0. The molecule has 2 rings (SSSR count). The maximum absolute atomic E-state index is 12.8. The van der Waals surface area contributed by atoms with Crippen LogP contribution in [0.4, 0.5) is 10.1 Å². The Morgan fingerprint density at radius 1 is 1.00 bits per heavy atom. The first-order valence-corrected chi connectivity index (χ1v) is 7.25. The second-order valence-corrected chi connectivity index (χ2v) is 5.36. The van der Waals surface area contributed by atoms with Crippen LogP contribution in [0.5, 0.6) is 0 Å². The highest BCUT2D eigenvalue weighted by molar-refractivity contribution is 6.37. The summed E-state index contributed by atoms with van der Waals surface area (Å²) in [5, 5.41) is 3.15. The molecule has 5 nitrogen and oxygen atoms in total. The number of anilines is 1. The van der Waals surface area contributed by atoms with Crippen molar-refractivity contribution in [1.82, 2.24) is 10.7 Å². The Balaban J connectivity index is 1.83. The van der Waals surface area contributed by atoms with Crippen LogP contribution < -0.4 is 16.2 Å². The van der Waals surface area contributed by atoms with Crippen molar-refractivity contribution in [3.05, 3.63) is 63.9 Å². The minimum atomic E-state index is -0.891. The standard InChI is InChI=1S/C15H12Cl2FN3O2/c16-10-3-6-13(12(17)7-10)20-21-15(23)14(22)19-8-9-1-4-11(18)5-2-9/h1-7,20H,8H2,(H,19,22)(H,21,23). The molecule has 0 heterocycles. The van der Waals surface area contributed by atoms with Crippen LogP contribution in [0.1, 0.15) is 5.56 Å². The molecular formula is C15H12Cl2FN3O2. The molecule has 0 aliphatic heterocycles. The van der Waals surface area contributed by atoms with Crippen LogP contribution in [-0.4, -0.2) is 11.8 Å². The number of hydrazine groups is 1. The minimum absolute atomic E-state index is 0.105. The van der Waals surface area contributed by atoms with Crippen molar-refractivity contribution < 1.29 is 14.0 Å². The Bertz CT molecular complexity index is 723. The molecule has 3 N–H and O–H groups in total. The SMILES string of the molecule is O=C(NCc1ccc(F)cc1)C(=O)NNc1ccc(Cl)cc1Cl. The van der Waals surface area contributed by atoms with Gasteiger partial charge in [0.15, 0.2) is 0 Å². The molecule has 2 aromatic carbocycles. The molecule has 8 heteroatoms. The maximum atomic E-state index is 12.8. The van der Waals surface area contributed by atoms with Gasteiger partial charge in [0.2, 0.25) is 0 Å². The third kappa shape index (κ3) is 5.12. The molecule has 2 amide bonds. The molecule has 0 aromatic heterocycles. The Morgan fingerprint density at radius 2 is 1.70 bits per heavy atom. The average molecular weight is 356 g/mol. The van der Waals surface area contributed by atoms with Gasteiger partial charge in [0.25, 0.3) is 0 Å². The first kappa shape index (κ1) is 17.1. The van der Waals surface area contributed by atoms with Crippen molar-refractivity contribution in [1.29, 1.82) is 0 Å². The molecule has 0 aliphatic carbocycles. The lowest BCUT2D eigenvalue weighted by molar-refractivity contribution is -0.139. The minimum Gasteiger partial charge on any atom is -0.344 e. The predicted octanol–water partition coefficient (Wildman–Crippen LogP) is 2.89.